The maximum atomic E-state index is 12.6. The highest BCUT2D eigenvalue weighted by molar-refractivity contribution is 7.92. The molecule has 0 aromatic heterocycles. The van der Waals surface area contributed by atoms with Gasteiger partial charge in [-0.1, -0.05) is 12.1 Å². The Balaban J connectivity index is 2.34. The fraction of sp³-hybridized carbons (Fsp3) is 0.333. The predicted molar refractivity (Wildman–Crippen MR) is 77.5 cm³/mol. The topological polar surface area (TPSA) is 137 Å². The molecule has 1 saturated heterocycles. The van der Waals surface area contributed by atoms with Crippen molar-refractivity contribution in [2.75, 3.05) is 7.11 Å². The number of rotatable bonds is 3. The highest BCUT2D eigenvalue weighted by atomic mass is 32.2. The molecule has 2 unspecified atom stereocenters. The van der Waals surface area contributed by atoms with Crippen molar-refractivity contribution in [1.82, 2.24) is 21.5 Å². The number of benzene rings is 1. The Kier molecular flexibility index (Phi) is 5.41. The van der Waals surface area contributed by atoms with E-state index in [9.17, 15) is 36.3 Å². The molecule has 1 fully saturated rings. The van der Waals surface area contributed by atoms with Crippen molar-refractivity contribution in [3.63, 3.8) is 0 Å². The zero-order valence-corrected chi connectivity index (χ0v) is 13.8. The molecule has 0 radical (unpaired) electrons. The number of nitrogens with zero attached hydrogens (tertiary/aromatic N) is 1. The molecular weight excluding hydrogens is 385 g/mol. The molecule has 2 atom stereocenters. The molecule has 0 bridgehead atoms. The highest BCUT2D eigenvalue weighted by Crippen LogP contribution is 2.31. The van der Waals surface area contributed by atoms with E-state index in [1.165, 1.54) is 0 Å². The molecule has 10 nitrogen and oxygen atoms in total. The number of hydrogen-bond acceptors (Lipinski definition) is 8. The number of carboxylic acid groups (broad SMARTS) is 1. The number of sulfone groups is 1. The second-order valence-corrected chi connectivity index (χ2v) is 6.94. The number of halogens is 3. The predicted octanol–water partition coefficient (Wildman–Crippen LogP) is 0.0702. The van der Waals surface area contributed by atoms with Gasteiger partial charge in [-0.2, -0.15) is 18.3 Å². The summed E-state index contributed by atoms with van der Waals surface area (Å²) in [6, 6.07) is 0.951. The van der Waals surface area contributed by atoms with E-state index < -0.39 is 44.4 Å². The summed E-state index contributed by atoms with van der Waals surface area (Å²) >= 11 is 0. The molecule has 144 valence electrons. The van der Waals surface area contributed by atoms with Crippen molar-refractivity contribution in [3.8, 4) is 0 Å². The highest BCUT2D eigenvalue weighted by Gasteiger charge is 2.47. The van der Waals surface area contributed by atoms with Gasteiger partial charge in [0.15, 0.2) is 0 Å². The largest absolute Gasteiger partial charge is 0.501 e. The van der Waals surface area contributed by atoms with Crippen molar-refractivity contribution in [2.24, 2.45) is 0 Å². The summed E-state index contributed by atoms with van der Waals surface area (Å²) in [6.45, 7) is 0. The number of carbonyl (C=O) groups excluding carboxylic acids is 1. The monoisotopic (exact) mass is 398 g/mol. The second-order valence-electron chi connectivity index (χ2n) is 5.00. The van der Waals surface area contributed by atoms with Crippen molar-refractivity contribution in [2.45, 2.75) is 22.5 Å². The smallest absolute Gasteiger partial charge is 0.480 e. The number of carbonyl (C=O) groups is 2. The van der Waals surface area contributed by atoms with E-state index in [0.717, 1.165) is 19.2 Å². The van der Waals surface area contributed by atoms with Crippen molar-refractivity contribution in [3.05, 3.63) is 29.8 Å². The van der Waals surface area contributed by atoms with Crippen LogP contribution in [-0.4, -0.2) is 49.4 Å². The SMILES string of the molecule is COC(=O)N1NNC(C(=O)O)C(c2ccc(S(=O)(=O)C(F)(F)F)cc2)N1. The van der Waals surface area contributed by atoms with Crippen LogP contribution in [0, 0.1) is 0 Å². The van der Waals surface area contributed by atoms with Gasteiger partial charge < -0.3 is 9.84 Å². The minimum absolute atomic E-state index is 0.112. The Bertz CT molecular complexity index is 798. The number of hydrogen-bond donors (Lipinski definition) is 4. The Morgan fingerprint density at radius 3 is 2.27 bits per heavy atom. The van der Waals surface area contributed by atoms with E-state index in [1.54, 1.807) is 0 Å². The van der Waals surface area contributed by atoms with Crippen LogP contribution in [-0.2, 0) is 19.4 Å². The second kappa shape index (κ2) is 7.06. The molecule has 0 saturated carbocycles. The maximum absolute atomic E-state index is 12.6. The van der Waals surface area contributed by atoms with Crippen LogP contribution in [0.15, 0.2) is 29.2 Å². The van der Waals surface area contributed by atoms with Crippen LogP contribution < -0.4 is 16.4 Å². The summed E-state index contributed by atoms with van der Waals surface area (Å²) in [4.78, 5) is 21.8. The van der Waals surface area contributed by atoms with E-state index in [2.05, 4.69) is 21.1 Å². The zero-order valence-electron chi connectivity index (χ0n) is 12.9. The van der Waals surface area contributed by atoms with Gasteiger partial charge in [-0.25, -0.2) is 24.1 Å². The number of carboxylic acids is 1. The van der Waals surface area contributed by atoms with E-state index in [-0.39, 0.29) is 5.56 Å². The van der Waals surface area contributed by atoms with Crippen molar-refractivity contribution >= 4 is 21.9 Å². The van der Waals surface area contributed by atoms with Gasteiger partial charge >= 0.3 is 17.6 Å². The molecule has 0 aliphatic carbocycles. The van der Waals surface area contributed by atoms with Gasteiger partial charge in [0.1, 0.15) is 6.04 Å². The summed E-state index contributed by atoms with van der Waals surface area (Å²) < 4.78 is 64.9. The van der Waals surface area contributed by atoms with E-state index in [4.69, 9.17) is 0 Å². The zero-order chi connectivity index (χ0) is 19.7. The molecule has 1 amide bonds. The lowest BCUT2D eigenvalue weighted by atomic mass is 10.00. The Hall–Kier alpha value is -2.42. The number of aliphatic carboxylic acids is 1. The Morgan fingerprint density at radius 2 is 1.81 bits per heavy atom. The molecule has 14 heteroatoms. The summed E-state index contributed by atoms with van der Waals surface area (Å²) in [5, 5.41) is 9.91. The molecule has 1 aromatic carbocycles. The van der Waals surface area contributed by atoms with Gasteiger partial charge in [-0.3, -0.25) is 4.79 Å². The first-order valence-electron chi connectivity index (χ1n) is 6.78. The number of alkyl halides is 3. The quantitative estimate of drug-likeness (QED) is 0.557. The van der Waals surface area contributed by atoms with E-state index >= 15 is 0 Å². The Labute approximate surface area is 144 Å². The average molecular weight is 398 g/mol. The molecule has 0 spiro atoms. The van der Waals surface area contributed by atoms with Gasteiger partial charge in [-0.05, 0) is 17.7 Å². The minimum Gasteiger partial charge on any atom is -0.480 e. The van der Waals surface area contributed by atoms with Gasteiger partial charge in [0.2, 0.25) is 0 Å². The van der Waals surface area contributed by atoms with Crippen LogP contribution in [0.4, 0.5) is 18.0 Å². The van der Waals surface area contributed by atoms with Crippen LogP contribution >= 0.6 is 0 Å². The summed E-state index contributed by atoms with van der Waals surface area (Å²) in [7, 11) is -4.46. The molecule has 4 N–H and O–H groups in total. The fourth-order valence-corrected chi connectivity index (χ4v) is 2.87. The standard InChI is InChI=1S/C12H13F3N4O6S/c1-25-11(22)19-17-8(9(10(20)21)16-18-19)6-2-4-7(5-3-6)26(23,24)12(13,14)15/h2-5,8-9,16-18H,1H3,(H,20,21). The van der Waals surface area contributed by atoms with Gasteiger partial charge in [0.05, 0.1) is 18.0 Å². The van der Waals surface area contributed by atoms with Crippen molar-refractivity contribution < 1.29 is 41.0 Å². The molecule has 1 aromatic rings. The third-order valence-electron chi connectivity index (χ3n) is 3.41. The van der Waals surface area contributed by atoms with Gasteiger partial charge in [-0.15, -0.1) is 5.53 Å². The Morgan fingerprint density at radius 1 is 1.23 bits per heavy atom. The van der Waals surface area contributed by atoms with Crippen LogP contribution in [0.25, 0.3) is 0 Å². The average Bonchev–Trinajstić information content (AvgIpc) is 2.59. The molecule has 2 rings (SSSR count). The number of nitrogens with one attached hydrogen (secondary N) is 3. The number of amides is 1. The first-order chi connectivity index (χ1) is 12.0. The fourth-order valence-electron chi connectivity index (χ4n) is 2.11. The number of ether oxygens (including phenoxy) is 1. The lowest BCUT2D eigenvalue weighted by Crippen LogP contribution is -2.69. The van der Waals surface area contributed by atoms with Crippen LogP contribution in [0.2, 0.25) is 0 Å². The number of methoxy groups -OCH3 is 1. The summed E-state index contributed by atoms with van der Waals surface area (Å²) in [5.41, 5.74) is 1.67. The van der Waals surface area contributed by atoms with Gasteiger partial charge in [0, 0.05) is 0 Å². The summed E-state index contributed by atoms with van der Waals surface area (Å²) in [6.07, 6.45) is -0.928. The summed E-state index contributed by atoms with van der Waals surface area (Å²) in [5.74, 6) is -1.34. The lowest BCUT2D eigenvalue weighted by Gasteiger charge is -2.37. The number of hydrazine groups is 3. The molecular formula is C12H13F3N4O6S. The van der Waals surface area contributed by atoms with Crippen molar-refractivity contribution in [1.29, 1.82) is 0 Å². The van der Waals surface area contributed by atoms with Crippen LogP contribution in [0.3, 0.4) is 0 Å². The third-order valence-corrected chi connectivity index (χ3v) is 4.91. The normalized spacial score (nSPS) is 21.3. The third kappa shape index (κ3) is 3.72. The maximum Gasteiger partial charge on any atom is 0.501 e. The first kappa shape index (κ1) is 19.9. The molecule has 1 aliphatic heterocycles. The van der Waals surface area contributed by atoms with E-state index in [0.29, 0.717) is 17.3 Å². The molecule has 1 heterocycles. The molecule has 26 heavy (non-hydrogen) atoms. The first-order valence-corrected chi connectivity index (χ1v) is 8.27. The minimum atomic E-state index is -5.53. The molecule has 1 aliphatic rings. The van der Waals surface area contributed by atoms with E-state index in [1.807, 2.05) is 0 Å². The lowest BCUT2D eigenvalue weighted by molar-refractivity contribution is -0.144. The van der Waals surface area contributed by atoms with Gasteiger partial charge in [0.25, 0.3) is 9.84 Å². The van der Waals surface area contributed by atoms with Crippen LogP contribution in [0.1, 0.15) is 11.6 Å². The van der Waals surface area contributed by atoms with Crippen LogP contribution in [0.5, 0.6) is 0 Å².